The van der Waals surface area contributed by atoms with E-state index in [1.54, 1.807) is 27.7 Å². The van der Waals surface area contributed by atoms with E-state index in [0.717, 1.165) is 45.5 Å². The first-order valence-corrected chi connectivity index (χ1v) is 11.3. The van der Waals surface area contributed by atoms with E-state index in [0.29, 0.717) is 5.69 Å². The summed E-state index contributed by atoms with van der Waals surface area (Å²) in [7, 11) is 0. The van der Waals surface area contributed by atoms with Gasteiger partial charge in [-0.25, -0.2) is 4.57 Å². The average molecular weight is 503 g/mol. The molecule has 2 aromatic carbocycles. The number of nitrogens with zero attached hydrogens (tertiary/aromatic N) is 2. The lowest BCUT2D eigenvalue weighted by molar-refractivity contribution is -0.700. The second-order valence-electron chi connectivity index (χ2n) is 8.72. The van der Waals surface area contributed by atoms with Gasteiger partial charge in [0.05, 0.1) is 5.56 Å². The van der Waals surface area contributed by atoms with E-state index >= 15 is 0 Å². The summed E-state index contributed by atoms with van der Waals surface area (Å²) in [6, 6.07) is 16.6. The number of aryl methyl sites for hydroxylation is 3. The van der Waals surface area contributed by atoms with Crippen LogP contribution < -0.4 is 9.13 Å². The van der Waals surface area contributed by atoms with Gasteiger partial charge < -0.3 is 0 Å². The van der Waals surface area contributed by atoms with Crippen LogP contribution in [-0.4, -0.2) is 6.18 Å². The molecule has 0 aliphatic heterocycles. The summed E-state index contributed by atoms with van der Waals surface area (Å²) in [6.07, 6.45) is -2.39. The Kier molecular flexibility index (Phi) is 6.89. The van der Waals surface area contributed by atoms with Crippen LogP contribution in [0.1, 0.15) is 23.1 Å². The van der Waals surface area contributed by atoms with E-state index in [2.05, 4.69) is 0 Å². The Morgan fingerprint density at radius 1 is 0.639 bits per heavy atom. The van der Waals surface area contributed by atoms with E-state index < -0.39 is 24.3 Å². The number of aromatic nitrogens is 2. The Morgan fingerprint density at radius 2 is 1.17 bits per heavy atom. The molecule has 0 radical (unpaired) electrons. The van der Waals surface area contributed by atoms with Crippen molar-refractivity contribution in [2.45, 2.75) is 39.2 Å². The molecule has 2 heterocycles. The molecule has 0 bridgehead atoms. The number of pyridine rings is 2. The molecule has 0 amide bonds. The predicted octanol–water partition coefficient (Wildman–Crippen LogP) is 7.17. The van der Waals surface area contributed by atoms with Crippen molar-refractivity contribution in [3.05, 3.63) is 102 Å². The van der Waals surface area contributed by atoms with Gasteiger partial charge in [-0.2, -0.15) is 30.9 Å². The van der Waals surface area contributed by atoms with Crippen molar-refractivity contribution in [3.63, 3.8) is 0 Å². The summed E-state index contributed by atoms with van der Waals surface area (Å²) in [5.74, 6) is 0. The molecular formula is C28H24F6N2+2. The summed E-state index contributed by atoms with van der Waals surface area (Å²) < 4.78 is 79.3. The molecule has 4 aromatic rings. The Hall–Kier alpha value is -3.68. The van der Waals surface area contributed by atoms with Crippen LogP contribution in [0.15, 0.2) is 85.5 Å². The fourth-order valence-electron chi connectivity index (χ4n) is 4.13. The standard InChI is InChI=1S/C28H24F6N2/c1-19-17-35(16-13-27(29,30)31)14-11-25(19)21-3-5-22(6-4-21)26-12-15-36(18-20(26)2)24-9-7-23(8-10-24)28(32,33)34/h3-12,14-15,17-18H,13,16H2,1-2H3/q+2. The second-order valence-corrected chi connectivity index (χ2v) is 8.72. The van der Waals surface area contributed by atoms with Crippen LogP contribution in [0.5, 0.6) is 0 Å². The minimum Gasteiger partial charge on any atom is -0.204 e. The van der Waals surface area contributed by atoms with E-state index in [9.17, 15) is 26.3 Å². The SMILES string of the molecule is Cc1c[n+](CCC(F)(F)F)ccc1-c1ccc(-c2cc[n+](-c3ccc(C(F)(F)F)cc3)cc2C)cc1. The lowest BCUT2D eigenvalue weighted by Crippen LogP contribution is -2.35. The highest BCUT2D eigenvalue weighted by Crippen LogP contribution is 2.30. The zero-order valence-corrected chi connectivity index (χ0v) is 19.7. The van der Waals surface area contributed by atoms with E-state index in [-0.39, 0.29) is 6.54 Å². The fourth-order valence-corrected chi connectivity index (χ4v) is 4.13. The molecule has 0 aliphatic carbocycles. The molecule has 0 saturated carbocycles. The van der Waals surface area contributed by atoms with Crippen LogP contribution in [0.25, 0.3) is 27.9 Å². The molecule has 36 heavy (non-hydrogen) atoms. The van der Waals surface area contributed by atoms with Gasteiger partial charge in [-0.1, -0.05) is 24.3 Å². The smallest absolute Gasteiger partial charge is 0.204 e. The van der Waals surface area contributed by atoms with Gasteiger partial charge in [-0.05, 0) is 48.2 Å². The normalized spacial score (nSPS) is 12.1. The number of alkyl halides is 6. The van der Waals surface area contributed by atoms with Crippen LogP contribution in [-0.2, 0) is 12.7 Å². The van der Waals surface area contributed by atoms with E-state index in [4.69, 9.17) is 0 Å². The van der Waals surface area contributed by atoms with Crippen molar-refractivity contribution >= 4 is 0 Å². The summed E-state index contributed by atoms with van der Waals surface area (Å²) >= 11 is 0. The largest absolute Gasteiger partial charge is 0.416 e. The molecule has 0 spiro atoms. The van der Waals surface area contributed by atoms with Gasteiger partial charge >= 0.3 is 12.4 Å². The first-order chi connectivity index (χ1) is 16.9. The molecule has 0 saturated heterocycles. The van der Waals surface area contributed by atoms with Gasteiger partial charge in [0, 0.05) is 35.4 Å². The molecule has 8 heteroatoms. The monoisotopic (exact) mass is 502 g/mol. The van der Waals surface area contributed by atoms with Crippen LogP contribution >= 0.6 is 0 Å². The topological polar surface area (TPSA) is 7.76 Å². The molecule has 4 rings (SSSR count). The summed E-state index contributed by atoms with van der Waals surface area (Å²) in [5.41, 5.74) is 5.62. The van der Waals surface area contributed by atoms with Crippen LogP contribution in [0.2, 0.25) is 0 Å². The molecule has 0 fully saturated rings. The number of hydrogen-bond acceptors (Lipinski definition) is 0. The summed E-state index contributed by atoms with van der Waals surface area (Å²) in [6.45, 7) is 3.68. The maximum atomic E-state index is 12.8. The minimum atomic E-state index is -4.37. The zero-order valence-electron chi connectivity index (χ0n) is 19.7. The highest BCUT2D eigenvalue weighted by atomic mass is 19.4. The van der Waals surface area contributed by atoms with Gasteiger partial charge in [0.15, 0.2) is 31.3 Å². The van der Waals surface area contributed by atoms with Crippen LogP contribution in [0, 0.1) is 13.8 Å². The molecule has 0 atom stereocenters. The highest BCUT2D eigenvalue weighted by Gasteiger charge is 2.30. The van der Waals surface area contributed by atoms with Crippen molar-refractivity contribution in [2.75, 3.05) is 0 Å². The molecule has 2 aromatic heterocycles. The summed E-state index contributed by atoms with van der Waals surface area (Å²) in [5, 5.41) is 0. The molecule has 2 nitrogen and oxygen atoms in total. The van der Waals surface area contributed by atoms with E-state index in [1.165, 1.54) is 12.1 Å². The van der Waals surface area contributed by atoms with Crippen molar-refractivity contribution in [3.8, 4) is 27.9 Å². The van der Waals surface area contributed by atoms with Gasteiger partial charge in [-0.15, -0.1) is 0 Å². The lowest BCUT2D eigenvalue weighted by atomic mass is 9.97. The third-order valence-electron chi connectivity index (χ3n) is 6.03. The molecule has 0 N–H and O–H groups in total. The highest BCUT2D eigenvalue weighted by molar-refractivity contribution is 5.72. The van der Waals surface area contributed by atoms with Crippen molar-refractivity contribution < 1.29 is 35.5 Å². The maximum Gasteiger partial charge on any atom is 0.416 e. The number of rotatable bonds is 5. The second kappa shape index (κ2) is 9.76. The molecule has 0 unspecified atom stereocenters. The first-order valence-electron chi connectivity index (χ1n) is 11.3. The Balaban J connectivity index is 1.53. The quantitative estimate of drug-likeness (QED) is 0.202. The van der Waals surface area contributed by atoms with Crippen molar-refractivity contribution in [1.82, 2.24) is 0 Å². The maximum absolute atomic E-state index is 12.8. The van der Waals surface area contributed by atoms with Gasteiger partial charge in [0.2, 0.25) is 5.69 Å². The third-order valence-corrected chi connectivity index (χ3v) is 6.03. The van der Waals surface area contributed by atoms with Crippen LogP contribution in [0.3, 0.4) is 0 Å². The number of halogens is 6. The Morgan fingerprint density at radius 3 is 1.64 bits per heavy atom. The third kappa shape index (κ3) is 5.93. The molecular weight excluding hydrogens is 478 g/mol. The van der Waals surface area contributed by atoms with Crippen molar-refractivity contribution in [2.24, 2.45) is 0 Å². The Bertz CT molecular complexity index is 1360. The Labute approximate surface area is 205 Å². The van der Waals surface area contributed by atoms with E-state index in [1.807, 2.05) is 56.4 Å². The van der Waals surface area contributed by atoms with Crippen LogP contribution in [0.4, 0.5) is 26.3 Å². The van der Waals surface area contributed by atoms with Gasteiger partial charge in [0.25, 0.3) is 0 Å². The van der Waals surface area contributed by atoms with Gasteiger partial charge in [-0.3, -0.25) is 0 Å². The fraction of sp³-hybridized carbons (Fsp3) is 0.214. The minimum absolute atomic E-state index is 0.122. The zero-order chi connectivity index (χ0) is 26.1. The average Bonchev–Trinajstić information content (AvgIpc) is 2.82. The first kappa shape index (κ1) is 25.4. The predicted molar refractivity (Wildman–Crippen MR) is 124 cm³/mol. The molecule has 186 valence electrons. The van der Waals surface area contributed by atoms with Crippen molar-refractivity contribution in [1.29, 1.82) is 0 Å². The molecule has 0 aliphatic rings. The lowest BCUT2D eigenvalue weighted by Gasteiger charge is -2.09. The van der Waals surface area contributed by atoms with Gasteiger partial charge in [0.1, 0.15) is 6.42 Å². The number of hydrogen-bond donors (Lipinski definition) is 0. The number of benzene rings is 2. The summed E-state index contributed by atoms with van der Waals surface area (Å²) in [4.78, 5) is 0.